The van der Waals surface area contributed by atoms with Crippen molar-refractivity contribution in [1.29, 1.82) is 0 Å². The summed E-state index contributed by atoms with van der Waals surface area (Å²) in [5.41, 5.74) is 5.47. The van der Waals surface area contributed by atoms with E-state index in [2.05, 4.69) is 39.1 Å². The van der Waals surface area contributed by atoms with Gasteiger partial charge in [0.15, 0.2) is 0 Å². The molecule has 0 fully saturated rings. The predicted octanol–water partition coefficient (Wildman–Crippen LogP) is 3.29. The number of aromatic nitrogens is 2. The van der Waals surface area contributed by atoms with Gasteiger partial charge in [0.1, 0.15) is 12.1 Å². The molecule has 0 unspecified atom stereocenters. The highest BCUT2D eigenvalue weighted by atomic mass is 16.4. The lowest BCUT2D eigenvalue weighted by molar-refractivity contribution is -0.136. The van der Waals surface area contributed by atoms with Crippen LogP contribution in [0.25, 0.3) is 11.1 Å². The van der Waals surface area contributed by atoms with E-state index in [1.807, 2.05) is 24.3 Å². The van der Waals surface area contributed by atoms with Crippen LogP contribution in [0.15, 0.2) is 61.1 Å². The molecule has 4 rings (SSSR count). The lowest BCUT2D eigenvalue weighted by atomic mass is 9.97. The molecular weight excluding hydrogens is 314 g/mol. The molecule has 0 saturated carbocycles. The zero-order chi connectivity index (χ0) is 17.2. The van der Waals surface area contributed by atoms with Gasteiger partial charge in [-0.3, -0.25) is 4.79 Å². The Bertz CT molecular complexity index is 892. The van der Waals surface area contributed by atoms with Gasteiger partial charge in [-0.25, -0.2) is 9.97 Å². The van der Waals surface area contributed by atoms with Crippen molar-refractivity contribution in [2.24, 2.45) is 0 Å². The van der Waals surface area contributed by atoms with Gasteiger partial charge in [-0.15, -0.1) is 0 Å². The molecular formula is C20H17N3O2. The summed E-state index contributed by atoms with van der Waals surface area (Å²) in [6.45, 7) is 1.35. The maximum Gasteiger partial charge on any atom is 0.308 e. The summed E-state index contributed by atoms with van der Waals surface area (Å²) >= 11 is 0. The number of carbonyl (C=O) groups is 1. The number of hydrogen-bond donors (Lipinski definition) is 1. The molecule has 25 heavy (non-hydrogen) atoms. The van der Waals surface area contributed by atoms with Crippen molar-refractivity contribution in [3.8, 4) is 11.1 Å². The quantitative estimate of drug-likeness (QED) is 0.798. The van der Waals surface area contributed by atoms with Crippen LogP contribution < -0.4 is 4.90 Å². The SMILES string of the molecule is O=C(O)Cc1cncnc1N1Cc2ccccc2-c2ccccc2C1. The van der Waals surface area contributed by atoms with Gasteiger partial charge in [0.05, 0.1) is 6.42 Å². The highest BCUT2D eigenvalue weighted by molar-refractivity contribution is 5.75. The Hall–Kier alpha value is -3.21. The summed E-state index contributed by atoms with van der Waals surface area (Å²) in [4.78, 5) is 21.7. The summed E-state index contributed by atoms with van der Waals surface area (Å²) in [7, 11) is 0. The Kier molecular flexibility index (Phi) is 3.90. The van der Waals surface area contributed by atoms with E-state index in [1.54, 1.807) is 6.20 Å². The molecule has 1 aliphatic heterocycles. The standard InChI is InChI=1S/C20H17N3O2/c24-19(25)9-16-10-21-13-22-20(16)23-11-14-5-1-3-7-17(14)18-8-4-2-6-15(18)12-23/h1-8,10,13H,9,11-12H2,(H,24,25). The van der Waals surface area contributed by atoms with E-state index in [9.17, 15) is 9.90 Å². The first kappa shape index (κ1) is 15.3. The van der Waals surface area contributed by atoms with E-state index in [4.69, 9.17) is 0 Å². The molecule has 2 aromatic carbocycles. The molecule has 124 valence electrons. The molecule has 0 radical (unpaired) electrons. The number of anilines is 1. The zero-order valence-electron chi connectivity index (χ0n) is 13.6. The predicted molar refractivity (Wildman–Crippen MR) is 95.1 cm³/mol. The topological polar surface area (TPSA) is 66.3 Å². The fourth-order valence-corrected chi connectivity index (χ4v) is 3.38. The highest BCUT2D eigenvalue weighted by Gasteiger charge is 2.22. The summed E-state index contributed by atoms with van der Waals surface area (Å²) in [6, 6.07) is 16.7. The normalized spacial score (nSPS) is 12.9. The molecule has 1 N–H and O–H groups in total. The molecule has 1 aromatic heterocycles. The first-order valence-corrected chi connectivity index (χ1v) is 8.14. The van der Waals surface area contributed by atoms with Crippen LogP contribution in [0.1, 0.15) is 16.7 Å². The van der Waals surface area contributed by atoms with Crippen LogP contribution in [0.2, 0.25) is 0 Å². The lowest BCUT2D eigenvalue weighted by Crippen LogP contribution is -2.24. The lowest BCUT2D eigenvalue weighted by Gasteiger charge is -2.24. The zero-order valence-corrected chi connectivity index (χ0v) is 13.6. The van der Waals surface area contributed by atoms with E-state index >= 15 is 0 Å². The average molecular weight is 331 g/mol. The Morgan fingerprint density at radius 3 is 2.20 bits per heavy atom. The number of rotatable bonds is 3. The van der Waals surface area contributed by atoms with Gasteiger partial charge in [0, 0.05) is 24.8 Å². The van der Waals surface area contributed by atoms with Crippen molar-refractivity contribution >= 4 is 11.8 Å². The van der Waals surface area contributed by atoms with E-state index < -0.39 is 5.97 Å². The van der Waals surface area contributed by atoms with Crippen molar-refractivity contribution in [3.05, 3.63) is 77.7 Å². The average Bonchev–Trinajstić information content (AvgIpc) is 2.78. The van der Waals surface area contributed by atoms with Gasteiger partial charge in [-0.05, 0) is 22.3 Å². The van der Waals surface area contributed by atoms with Gasteiger partial charge in [0.2, 0.25) is 0 Å². The largest absolute Gasteiger partial charge is 0.481 e. The second-order valence-electron chi connectivity index (χ2n) is 6.11. The van der Waals surface area contributed by atoms with Crippen LogP contribution in [-0.4, -0.2) is 21.0 Å². The van der Waals surface area contributed by atoms with Crippen LogP contribution >= 0.6 is 0 Å². The van der Waals surface area contributed by atoms with E-state index in [0.717, 1.165) is 0 Å². The van der Waals surface area contributed by atoms with Gasteiger partial charge < -0.3 is 10.0 Å². The summed E-state index contributed by atoms with van der Waals surface area (Å²) in [5.74, 6) is -0.199. The molecule has 5 nitrogen and oxygen atoms in total. The molecule has 0 spiro atoms. The van der Waals surface area contributed by atoms with Gasteiger partial charge >= 0.3 is 5.97 Å². The summed E-state index contributed by atoms with van der Waals surface area (Å²) in [6.07, 6.45) is 2.98. The molecule has 0 amide bonds. The second kappa shape index (κ2) is 6.36. The molecule has 3 aromatic rings. The molecule has 0 atom stereocenters. The third-order valence-electron chi connectivity index (χ3n) is 4.45. The smallest absolute Gasteiger partial charge is 0.308 e. The fraction of sp³-hybridized carbons (Fsp3) is 0.150. The van der Waals surface area contributed by atoms with Crippen molar-refractivity contribution in [2.75, 3.05) is 4.90 Å². The first-order valence-electron chi connectivity index (χ1n) is 8.14. The van der Waals surface area contributed by atoms with Crippen molar-refractivity contribution in [1.82, 2.24) is 9.97 Å². The molecule has 1 aliphatic rings. The van der Waals surface area contributed by atoms with Gasteiger partial charge in [0.25, 0.3) is 0 Å². The first-order chi connectivity index (χ1) is 12.2. The maximum atomic E-state index is 11.2. The molecule has 0 saturated heterocycles. The van der Waals surface area contributed by atoms with E-state index in [1.165, 1.54) is 28.6 Å². The number of carboxylic acids is 1. The Balaban J connectivity index is 1.83. The second-order valence-corrected chi connectivity index (χ2v) is 6.11. The Morgan fingerprint density at radius 2 is 1.60 bits per heavy atom. The van der Waals surface area contributed by atoms with Crippen LogP contribution in [0, 0.1) is 0 Å². The monoisotopic (exact) mass is 331 g/mol. The van der Waals surface area contributed by atoms with E-state index in [-0.39, 0.29) is 6.42 Å². The summed E-state index contributed by atoms with van der Waals surface area (Å²) in [5, 5.41) is 9.19. The number of fused-ring (bicyclic) bond motifs is 3. The molecule has 0 aliphatic carbocycles. The minimum atomic E-state index is -0.883. The van der Waals surface area contributed by atoms with Crippen LogP contribution in [-0.2, 0) is 24.3 Å². The number of hydrogen-bond acceptors (Lipinski definition) is 4. The number of benzene rings is 2. The highest BCUT2D eigenvalue weighted by Crippen LogP contribution is 2.34. The van der Waals surface area contributed by atoms with Crippen LogP contribution in [0.4, 0.5) is 5.82 Å². The van der Waals surface area contributed by atoms with Crippen LogP contribution in [0.5, 0.6) is 0 Å². The summed E-state index contributed by atoms with van der Waals surface area (Å²) < 4.78 is 0. The fourth-order valence-electron chi connectivity index (χ4n) is 3.38. The number of carboxylic acid groups (broad SMARTS) is 1. The van der Waals surface area contributed by atoms with Crippen molar-refractivity contribution in [3.63, 3.8) is 0 Å². The van der Waals surface area contributed by atoms with Crippen molar-refractivity contribution in [2.45, 2.75) is 19.5 Å². The molecule has 5 heteroatoms. The van der Waals surface area contributed by atoms with Crippen molar-refractivity contribution < 1.29 is 9.90 Å². The minimum absolute atomic E-state index is 0.0873. The Labute approximate surface area is 145 Å². The number of nitrogens with zero attached hydrogens (tertiary/aromatic N) is 3. The minimum Gasteiger partial charge on any atom is -0.481 e. The Morgan fingerprint density at radius 1 is 1.00 bits per heavy atom. The van der Waals surface area contributed by atoms with E-state index in [0.29, 0.717) is 24.5 Å². The maximum absolute atomic E-state index is 11.2. The van der Waals surface area contributed by atoms with Crippen LogP contribution in [0.3, 0.4) is 0 Å². The third-order valence-corrected chi connectivity index (χ3v) is 4.45. The van der Waals surface area contributed by atoms with Gasteiger partial charge in [-0.1, -0.05) is 48.5 Å². The third kappa shape index (κ3) is 2.96. The molecule has 0 bridgehead atoms. The van der Waals surface area contributed by atoms with Gasteiger partial charge in [-0.2, -0.15) is 0 Å². The number of aliphatic carboxylic acids is 1. The molecule has 2 heterocycles.